The van der Waals surface area contributed by atoms with Crippen LogP contribution in [0.1, 0.15) is 41.5 Å². The summed E-state index contributed by atoms with van der Waals surface area (Å²) < 4.78 is 10.8. The molecule has 0 saturated heterocycles. The third-order valence-corrected chi connectivity index (χ3v) is 3.54. The van der Waals surface area contributed by atoms with Crippen LogP contribution in [0, 0.1) is 6.92 Å². The molecular weight excluding hydrogens is 240 g/mol. The summed E-state index contributed by atoms with van der Waals surface area (Å²) in [6, 6.07) is 8.21. The molecule has 1 aromatic carbocycles. The van der Waals surface area contributed by atoms with Crippen molar-refractivity contribution in [2.45, 2.75) is 38.8 Å². The van der Waals surface area contributed by atoms with Crippen LogP contribution in [0.3, 0.4) is 0 Å². The van der Waals surface area contributed by atoms with Crippen molar-refractivity contribution in [3.05, 3.63) is 46.8 Å². The lowest BCUT2D eigenvalue weighted by Gasteiger charge is -2.22. The zero-order valence-corrected chi connectivity index (χ0v) is 11.1. The van der Waals surface area contributed by atoms with Crippen LogP contribution in [0.15, 0.2) is 28.8 Å². The molecular formula is C15H18N2O2. The zero-order valence-electron chi connectivity index (χ0n) is 11.1. The summed E-state index contributed by atoms with van der Waals surface area (Å²) in [4.78, 5) is 0. The molecule has 0 bridgehead atoms. The monoisotopic (exact) mass is 258 g/mol. The molecule has 1 unspecified atom stereocenters. The highest BCUT2D eigenvalue weighted by Gasteiger charge is 2.17. The molecule has 2 aromatic rings. The van der Waals surface area contributed by atoms with Crippen molar-refractivity contribution in [2.24, 2.45) is 5.73 Å². The molecule has 0 saturated carbocycles. The van der Waals surface area contributed by atoms with Gasteiger partial charge in [-0.3, -0.25) is 0 Å². The number of rotatable bonds is 3. The molecule has 4 heteroatoms. The van der Waals surface area contributed by atoms with Gasteiger partial charge in [-0.15, -0.1) is 0 Å². The molecule has 0 aliphatic heterocycles. The fourth-order valence-electron chi connectivity index (χ4n) is 2.55. The van der Waals surface area contributed by atoms with Gasteiger partial charge in [-0.1, -0.05) is 11.2 Å². The average Bonchev–Trinajstić information content (AvgIpc) is 2.83. The SMILES string of the molecule is Cc1cc(COc2ccc3c(c2)C(N)CCC3)no1. The second kappa shape index (κ2) is 5.05. The van der Waals surface area contributed by atoms with Gasteiger partial charge < -0.3 is 15.0 Å². The van der Waals surface area contributed by atoms with Crippen molar-refractivity contribution in [1.82, 2.24) is 5.16 Å². The Hall–Kier alpha value is -1.81. The predicted octanol–water partition coefficient (Wildman–Crippen LogP) is 2.90. The van der Waals surface area contributed by atoms with E-state index in [4.69, 9.17) is 15.0 Å². The molecule has 1 heterocycles. The van der Waals surface area contributed by atoms with Gasteiger partial charge in [0.2, 0.25) is 0 Å². The van der Waals surface area contributed by atoms with Crippen LogP contribution < -0.4 is 10.5 Å². The molecule has 4 nitrogen and oxygen atoms in total. The minimum atomic E-state index is 0.140. The standard InChI is InChI=1S/C15H18N2O2/c1-10-7-12(17-19-10)9-18-13-6-5-11-3-2-4-15(16)14(11)8-13/h5-8,15H,2-4,9,16H2,1H3. The van der Waals surface area contributed by atoms with Crippen LogP contribution in [0.2, 0.25) is 0 Å². The first-order chi connectivity index (χ1) is 9.22. The summed E-state index contributed by atoms with van der Waals surface area (Å²) >= 11 is 0. The fraction of sp³-hybridized carbons (Fsp3) is 0.400. The Labute approximate surface area is 112 Å². The molecule has 3 rings (SSSR count). The van der Waals surface area contributed by atoms with Crippen molar-refractivity contribution < 1.29 is 9.26 Å². The number of nitrogens with zero attached hydrogens (tertiary/aromatic N) is 1. The van der Waals surface area contributed by atoms with Crippen LogP contribution in [-0.2, 0) is 13.0 Å². The number of hydrogen-bond donors (Lipinski definition) is 1. The molecule has 100 valence electrons. The highest BCUT2D eigenvalue weighted by molar-refractivity contribution is 5.39. The average molecular weight is 258 g/mol. The topological polar surface area (TPSA) is 61.3 Å². The van der Waals surface area contributed by atoms with E-state index in [9.17, 15) is 0 Å². The van der Waals surface area contributed by atoms with E-state index in [1.54, 1.807) is 0 Å². The maximum atomic E-state index is 6.14. The smallest absolute Gasteiger partial charge is 0.134 e. The van der Waals surface area contributed by atoms with Crippen molar-refractivity contribution in [3.63, 3.8) is 0 Å². The van der Waals surface area contributed by atoms with Crippen LogP contribution in [0.25, 0.3) is 0 Å². The number of nitrogens with two attached hydrogens (primary N) is 1. The minimum Gasteiger partial charge on any atom is -0.487 e. The van der Waals surface area contributed by atoms with Crippen molar-refractivity contribution in [1.29, 1.82) is 0 Å². The van der Waals surface area contributed by atoms with E-state index in [0.29, 0.717) is 6.61 Å². The van der Waals surface area contributed by atoms with E-state index in [1.807, 2.05) is 19.1 Å². The molecule has 0 fully saturated rings. The molecule has 1 aliphatic carbocycles. The van der Waals surface area contributed by atoms with Gasteiger partial charge in [0.15, 0.2) is 0 Å². The first kappa shape index (κ1) is 12.2. The first-order valence-electron chi connectivity index (χ1n) is 6.66. The summed E-state index contributed by atoms with van der Waals surface area (Å²) in [6.07, 6.45) is 3.34. The van der Waals surface area contributed by atoms with E-state index >= 15 is 0 Å². The fourth-order valence-corrected chi connectivity index (χ4v) is 2.55. The Kier molecular flexibility index (Phi) is 3.25. The Morgan fingerprint density at radius 2 is 2.32 bits per heavy atom. The molecule has 1 aromatic heterocycles. The number of ether oxygens (including phenoxy) is 1. The second-order valence-corrected chi connectivity index (χ2v) is 5.08. The zero-order chi connectivity index (χ0) is 13.2. The Morgan fingerprint density at radius 1 is 1.42 bits per heavy atom. The van der Waals surface area contributed by atoms with Gasteiger partial charge in [-0.25, -0.2) is 0 Å². The Bertz CT molecular complexity index is 577. The van der Waals surface area contributed by atoms with E-state index in [0.717, 1.165) is 30.0 Å². The third kappa shape index (κ3) is 2.63. The summed E-state index contributed by atoms with van der Waals surface area (Å²) in [5.74, 6) is 1.64. The van der Waals surface area contributed by atoms with Crippen LogP contribution in [-0.4, -0.2) is 5.16 Å². The Balaban J connectivity index is 1.73. The highest BCUT2D eigenvalue weighted by Crippen LogP contribution is 2.31. The summed E-state index contributed by atoms with van der Waals surface area (Å²) in [5.41, 5.74) is 9.52. The predicted molar refractivity (Wildman–Crippen MR) is 71.9 cm³/mol. The van der Waals surface area contributed by atoms with Gasteiger partial charge >= 0.3 is 0 Å². The molecule has 0 spiro atoms. The molecule has 2 N–H and O–H groups in total. The highest BCUT2D eigenvalue weighted by atomic mass is 16.5. The number of fused-ring (bicyclic) bond motifs is 1. The molecule has 0 amide bonds. The minimum absolute atomic E-state index is 0.140. The number of benzene rings is 1. The molecule has 19 heavy (non-hydrogen) atoms. The maximum Gasteiger partial charge on any atom is 0.134 e. The van der Waals surface area contributed by atoms with Crippen LogP contribution in [0.4, 0.5) is 0 Å². The summed E-state index contributed by atoms with van der Waals surface area (Å²) in [7, 11) is 0. The van der Waals surface area contributed by atoms with Crippen molar-refractivity contribution in [2.75, 3.05) is 0 Å². The number of aryl methyl sites for hydroxylation is 2. The molecule has 1 aliphatic rings. The van der Waals surface area contributed by atoms with Gasteiger partial charge in [0.1, 0.15) is 23.8 Å². The lowest BCUT2D eigenvalue weighted by molar-refractivity contribution is 0.287. The Morgan fingerprint density at radius 3 is 3.11 bits per heavy atom. The van der Waals surface area contributed by atoms with E-state index < -0.39 is 0 Å². The normalized spacial score (nSPS) is 18.1. The van der Waals surface area contributed by atoms with Gasteiger partial charge in [-0.05, 0) is 49.4 Å². The van der Waals surface area contributed by atoms with Gasteiger partial charge in [-0.2, -0.15) is 0 Å². The number of aromatic nitrogens is 1. The molecule has 1 atom stereocenters. The molecule has 0 radical (unpaired) electrons. The van der Waals surface area contributed by atoms with Gasteiger partial charge in [0.05, 0.1) is 0 Å². The van der Waals surface area contributed by atoms with Crippen LogP contribution in [0.5, 0.6) is 5.75 Å². The lowest BCUT2D eigenvalue weighted by Crippen LogP contribution is -2.17. The summed E-state index contributed by atoms with van der Waals surface area (Å²) in [5, 5.41) is 3.91. The van der Waals surface area contributed by atoms with Crippen molar-refractivity contribution >= 4 is 0 Å². The van der Waals surface area contributed by atoms with Gasteiger partial charge in [0, 0.05) is 12.1 Å². The van der Waals surface area contributed by atoms with Crippen LogP contribution >= 0.6 is 0 Å². The van der Waals surface area contributed by atoms with E-state index in [1.165, 1.54) is 17.5 Å². The summed E-state index contributed by atoms with van der Waals surface area (Å²) in [6.45, 7) is 2.29. The third-order valence-electron chi connectivity index (χ3n) is 3.54. The number of hydrogen-bond acceptors (Lipinski definition) is 4. The lowest BCUT2D eigenvalue weighted by atomic mass is 9.88. The van der Waals surface area contributed by atoms with E-state index in [-0.39, 0.29) is 6.04 Å². The first-order valence-corrected chi connectivity index (χ1v) is 6.66. The van der Waals surface area contributed by atoms with Crippen molar-refractivity contribution in [3.8, 4) is 5.75 Å². The van der Waals surface area contributed by atoms with E-state index in [2.05, 4.69) is 17.3 Å². The quantitative estimate of drug-likeness (QED) is 0.919. The largest absolute Gasteiger partial charge is 0.487 e. The second-order valence-electron chi connectivity index (χ2n) is 5.08. The maximum absolute atomic E-state index is 6.14. The van der Waals surface area contributed by atoms with Gasteiger partial charge in [0.25, 0.3) is 0 Å².